The number of hydrogen-bond acceptors (Lipinski definition) is 7. The van der Waals surface area contributed by atoms with Crippen molar-refractivity contribution in [2.75, 3.05) is 27.4 Å². The summed E-state index contributed by atoms with van der Waals surface area (Å²) in [7, 11) is 3.10. The summed E-state index contributed by atoms with van der Waals surface area (Å²) in [5.74, 6) is 0.321. The number of aromatic nitrogens is 1. The third kappa shape index (κ3) is 6.08. The largest absolute Gasteiger partial charge is 0.496 e. The number of carboxylic acid groups (broad SMARTS) is 1. The highest BCUT2D eigenvalue weighted by Crippen LogP contribution is 2.36. The molecule has 0 atom stereocenters. The second-order valence-corrected chi connectivity index (χ2v) is 11.1. The number of H-pyrrole nitrogens is 1. The lowest BCUT2D eigenvalue weighted by Gasteiger charge is -2.15. The number of ether oxygens (including phenoxy) is 3. The highest BCUT2D eigenvalue weighted by molar-refractivity contribution is 8.26. The van der Waals surface area contributed by atoms with Crippen LogP contribution in [-0.4, -0.2) is 58.6 Å². The van der Waals surface area contributed by atoms with E-state index in [9.17, 15) is 9.59 Å². The lowest BCUT2D eigenvalue weighted by molar-refractivity contribution is -0.122. The SMILES string of the molecule is COc1cc(C(=O)O)ccc1OCCCN1C(=O)/C(=C/c2ccc(OC)c(-c3ccc4[nH]c(C)cc4c3)c2)SC1=S. The number of nitrogens with zero attached hydrogens (tertiary/aromatic N) is 1. The molecular formula is C31H28N2O6S2. The Morgan fingerprint density at radius 3 is 2.56 bits per heavy atom. The summed E-state index contributed by atoms with van der Waals surface area (Å²) >= 11 is 6.78. The van der Waals surface area contributed by atoms with Crippen molar-refractivity contribution < 1.29 is 28.9 Å². The van der Waals surface area contributed by atoms with Crippen LogP contribution in [0.4, 0.5) is 0 Å². The van der Waals surface area contributed by atoms with Crippen LogP contribution < -0.4 is 14.2 Å². The maximum atomic E-state index is 13.2. The van der Waals surface area contributed by atoms with E-state index in [4.69, 9.17) is 31.5 Å². The van der Waals surface area contributed by atoms with Gasteiger partial charge in [0.25, 0.3) is 5.91 Å². The monoisotopic (exact) mass is 588 g/mol. The molecule has 0 spiro atoms. The van der Waals surface area contributed by atoms with Gasteiger partial charge in [-0.3, -0.25) is 9.69 Å². The molecule has 2 N–H and O–H groups in total. The van der Waals surface area contributed by atoms with Crippen LogP contribution in [0, 0.1) is 6.92 Å². The number of nitrogens with one attached hydrogen (secondary N) is 1. The van der Waals surface area contributed by atoms with Crippen molar-refractivity contribution in [2.24, 2.45) is 0 Å². The zero-order valence-electron chi connectivity index (χ0n) is 22.7. The van der Waals surface area contributed by atoms with Gasteiger partial charge in [0.05, 0.1) is 31.3 Å². The van der Waals surface area contributed by atoms with E-state index in [1.807, 2.05) is 31.2 Å². The van der Waals surface area contributed by atoms with Gasteiger partial charge in [-0.1, -0.05) is 36.1 Å². The summed E-state index contributed by atoms with van der Waals surface area (Å²) in [6.45, 7) is 2.72. The molecule has 3 aromatic carbocycles. The molecule has 0 aliphatic carbocycles. The second kappa shape index (κ2) is 12.1. The summed E-state index contributed by atoms with van der Waals surface area (Å²) in [5, 5.41) is 10.3. The number of thioether (sulfide) groups is 1. The van der Waals surface area contributed by atoms with Gasteiger partial charge in [-0.05, 0) is 79.1 Å². The Morgan fingerprint density at radius 2 is 1.80 bits per heavy atom. The Hall–Kier alpha value is -4.28. The molecular weight excluding hydrogens is 560 g/mol. The van der Waals surface area contributed by atoms with Gasteiger partial charge in [0, 0.05) is 28.7 Å². The van der Waals surface area contributed by atoms with Gasteiger partial charge in [0.2, 0.25) is 0 Å². The average Bonchev–Trinajstić information content (AvgIpc) is 3.47. The maximum Gasteiger partial charge on any atom is 0.335 e. The van der Waals surface area contributed by atoms with E-state index < -0.39 is 5.97 Å². The molecule has 1 saturated heterocycles. The summed E-state index contributed by atoms with van der Waals surface area (Å²) in [6.07, 6.45) is 2.38. The molecule has 1 aliphatic heterocycles. The van der Waals surface area contributed by atoms with Gasteiger partial charge in [-0.25, -0.2) is 4.79 Å². The number of carbonyl (C=O) groups is 2. The molecule has 2 heterocycles. The molecule has 4 aromatic rings. The number of benzene rings is 3. The van der Waals surface area contributed by atoms with Crippen LogP contribution in [0.1, 0.15) is 28.0 Å². The number of methoxy groups -OCH3 is 2. The number of thiocarbonyl (C=S) groups is 1. The number of hydrogen-bond donors (Lipinski definition) is 2. The molecule has 0 unspecified atom stereocenters. The van der Waals surface area contributed by atoms with E-state index in [0.717, 1.165) is 39.0 Å². The van der Waals surface area contributed by atoms with Crippen molar-refractivity contribution in [2.45, 2.75) is 13.3 Å². The number of amides is 1. The Bertz CT molecular complexity index is 1690. The molecule has 1 aliphatic rings. The van der Waals surface area contributed by atoms with Crippen molar-refractivity contribution >= 4 is 57.2 Å². The molecule has 41 heavy (non-hydrogen) atoms. The number of carboxylic acids is 1. The van der Waals surface area contributed by atoms with Crippen LogP contribution in [0.2, 0.25) is 0 Å². The first kappa shape index (κ1) is 28.3. The fraction of sp³-hybridized carbons (Fsp3) is 0.194. The minimum atomic E-state index is -1.04. The van der Waals surface area contributed by atoms with E-state index in [1.54, 1.807) is 18.1 Å². The van der Waals surface area contributed by atoms with Gasteiger partial charge >= 0.3 is 5.97 Å². The van der Waals surface area contributed by atoms with Crippen molar-refractivity contribution in [3.8, 4) is 28.4 Å². The smallest absolute Gasteiger partial charge is 0.335 e. The Labute approximate surface area is 246 Å². The standard InChI is InChI=1S/C31H28N2O6S2/c1-18-13-22-16-20(6-8-24(22)32-18)23-14-19(5-9-25(23)37-2)15-28-29(34)33(31(40)41-28)11-4-12-39-26-10-7-21(30(35)36)17-27(26)38-3/h5-10,13-17,32H,4,11-12H2,1-3H3,(H,35,36)/b28-15-. The normalized spacial score (nSPS) is 14.2. The quantitative estimate of drug-likeness (QED) is 0.123. The van der Waals surface area contributed by atoms with E-state index in [2.05, 4.69) is 29.2 Å². The Kier molecular flexibility index (Phi) is 8.32. The van der Waals surface area contributed by atoms with Gasteiger partial charge in [0.15, 0.2) is 11.5 Å². The van der Waals surface area contributed by atoms with Crippen LogP contribution in [0.15, 0.2) is 65.6 Å². The van der Waals surface area contributed by atoms with Crippen LogP contribution in [0.3, 0.4) is 0 Å². The van der Waals surface area contributed by atoms with Crippen molar-refractivity contribution in [3.05, 3.63) is 82.4 Å². The highest BCUT2D eigenvalue weighted by Gasteiger charge is 2.31. The Balaban J connectivity index is 1.27. The summed E-state index contributed by atoms with van der Waals surface area (Å²) in [4.78, 5) is 29.9. The first-order valence-electron chi connectivity index (χ1n) is 12.8. The summed E-state index contributed by atoms with van der Waals surface area (Å²) in [5.41, 5.74) is 5.10. The number of aromatic carboxylic acids is 1. The topological polar surface area (TPSA) is 101 Å². The van der Waals surface area contributed by atoms with Gasteiger partial charge < -0.3 is 24.3 Å². The summed E-state index contributed by atoms with van der Waals surface area (Å²) < 4.78 is 17.2. The van der Waals surface area contributed by atoms with Gasteiger partial charge in [-0.2, -0.15) is 0 Å². The van der Waals surface area contributed by atoms with Crippen molar-refractivity contribution in [3.63, 3.8) is 0 Å². The third-order valence-electron chi connectivity index (χ3n) is 6.66. The number of aromatic amines is 1. The van der Waals surface area contributed by atoms with Crippen LogP contribution in [0.25, 0.3) is 28.1 Å². The predicted molar refractivity (Wildman–Crippen MR) is 165 cm³/mol. The molecule has 210 valence electrons. The molecule has 8 nitrogen and oxygen atoms in total. The Morgan fingerprint density at radius 1 is 1.02 bits per heavy atom. The predicted octanol–water partition coefficient (Wildman–Crippen LogP) is 6.53. The molecule has 0 bridgehead atoms. The minimum Gasteiger partial charge on any atom is -0.496 e. The molecule has 0 radical (unpaired) electrons. The lowest BCUT2D eigenvalue weighted by Crippen LogP contribution is -2.29. The number of carbonyl (C=O) groups excluding carboxylic acids is 1. The molecule has 1 aromatic heterocycles. The van der Waals surface area contributed by atoms with Gasteiger partial charge in [-0.15, -0.1) is 0 Å². The first-order chi connectivity index (χ1) is 19.8. The molecule has 0 saturated carbocycles. The maximum absolute atomic E-state index is 13.2. The van der Waals surface area contributed by atoms with Crippen molar-refractivity contribution in [1.82, 2.24) is 9.88 Å². The fourth-order valence-electron chi connectivity index (χ4n) is 4.66. The van der Waals surface area contributed by atoms with E-state index in [0.29, 0.717) is 40.3 Å². The van der Waals surface area contributed by atoms with E-state index >= 15 is 0 Å². The van der Waals surface area contributed by atoms with Crippen LogP contribution in [0.5, 0.6) is 17.2 Å². The third-order valence-corrected chi connectivity index (χ3v) is 8.03. The molecule has 5 rings (SSSR count). The zero-order valence-corrected chi connectivity index (χ0v) is 24.4. The molecule has 10 heteroatoms. The number of fused-ring (bicyclic) bond motifs is 1. The zero-order chi connectivity index (χ0) is 29.1. The first-order valence-corrected chi connectivity index (χ1v) is 14.1. The van der Waals surface area contributed by atoms with Crippen LogP contribution in [-0.2, 0) is 4.79 Å². The second-order valence-electron chi connectivity index (χ2n) is 9.42. The highest BCUT2D eigenvalue weighted by atomic mass is 32.2. The average molecular weight is 589 g/mol. The van der Waals surface area contributed by atoms with E-state index in [1.165, 1.54) is 31.0 Å². The number of aryl methyl sites for hydroxylation is 1. The molecule has 1 amide bonds. The van der Waals surface area contributed by atoms with Gasteiger partial charge in [0.1, 0.15) is 10.1 Å². The number of rotatable bonds is 10. The van der Waals surface area contributed by atoms with E-state index in [-0.39, 0.29) is 11.5 Å². The van der Waals surface area contributed by atoms with Crippen molar-refractivity contribution in [1.29, 1.82) is 0 Å². The lowest BCUT2D eigenvalue weighted by atomic mass is 10.00. The van der Waals surface area contributed by atoms with Crippen LogP contribution >= 0.6 is 24.0 Å². The fourth-order valence-corrected chi connectivity index (χ4v) is 5.96. The minimum absolute atomic E-state index is 0.111. The summed E-state index contributed by atoms with van der Waals surface area (Å²) in [6, 6.07) is 18.6. The molecule has 1 fully saturated rings.